The lowest BCUT2D eigenvalue weighted by atomic mass is 10.0. The lowest BCUT2D eigenvalue weighted by Gasteiger charge is -2.15. The SMILES string of the molecule is CCCC(CNc1nnc(CC)c(CC)c1C#N)C(=O)O. The molecule has 0 aliphatic rings. The first kappa shape index (κ1) is 16.9. The number of aromatic nitrogens is 2. The molecule has 21 heavy (non-hydrogen) atoms. The van der Waals surface area contributed by atoms with E-state index >= 15 is 0 Å². The summed E-state index contributed by atoms with van der Waals surface area (Å²) in [6.45, 7) is 6.14. The lowest BCUT2D eigenvalue weighted by molar-refractivity contribution is -0.141. The van der Waals surface area contributed by atoms with Gasteiger partial charge < -0.3 is 10.4 Å². The molecule has 114 valence electrons. The summed E-state index contributed by atoms with van der Waals surface area (Å²) >= 11 is 0. The Morgan fingerprint density at radius 3 is 2.52 bits per heavy atom. The summed E-state index contributed by atoms with van der Waals surface area (Å²) in [5, 5.41) is 29.7. The van der Waals surface area contributed by atoms with Crippen molar-refractivity contribution in [3.8, 4) is 6.07 Å². The van der Waals surface area contributed by atoms with Crippen molar-refractivity contribution in [1.82, 2.24) is 10.2 Å². The van der Waals surface area contributed by atoms with Crippen molar-refractivity contribution >= 4 is 11.8 Å². The van der Waals surface area contributed by atoms with Crippen LogP contribution in [0.1, 0.15) is 50.4 Å². The fourth-order valence-corrected chi connectivity index (χ4v) is 2.30. The Hall–Kier alpha value is -2.16. The minimum Gasteiger partial charge on any atom is -0.481 e. The maximum Gasteiger partial charge on any atom is 0.308 e. The van der Waals surface area contributed by atoms with Crippen molar-refractivity contribution in [2.45, 2.75) is 46.5 Å². The number of hydrogen-bond donors (Lipinski definition) is 2. The summed E-state index contributed by atoms with van der Waals surface area (Å²) in [5.74, 6) is -0.940. The molecule has 0 amide bonds. The molecule has 1 unspecified atom stereocenters. The summed E-state index contributed by atoms with van der Waals surface area (Å²) in [5.41, 5.74) is 2.19. The third-order valence-corrected chi connectivity index (χ3v) is 3.46. The Balaban J connectivity index is 2.98. The van der Waals surface area contributed by atoms with Crippen LogP contribution in [0.2, 0.25) is 0 Å². The van der Waals surface area contributed by atoms with Gasteiger partial charge in [-0.25, -0.2) is 0 Å². The molecule has 0 aliphatic heterocycles. The van der Waals surface area contributed by atoms with Gasteiger partial charge >= 0.3 is 5.97 Å². The molecule has 1 aromatic rings. The van der Waals surface area contributed by atoms with Crippen LogP contribution in [0.4, 0.5) is 5.82 Å². The highest BCUT2D eigenvalue weighted by molar-refractivity contribution is 5.71. The van der Waals surface area contributed by atoms with E-state index in [0.29, 0.717) is 24.2 Å². The van der Waals surface area contributed by atoms with Gasteiger partial charge in [-0.15, -0.1) is 5.10 Å². The van der Waals surface area contributed by atoms with Gasteiger partial charge in [0.2, 0.25) is 0 Å². The second-order valence-corrected chi connectivity index (χ2v) is 4.87. The van der Waals surface area contributed by atoms with Crippen molar-refractivity contribution in [2.24, 2.45) is 5.92 Å². The highest BCUT2D eigenvalue weighted by Crippen LogP contribution is 2.20. The molecule has 0 bridgehead atoms. The number of nitriles is 1. The summed E-state index contributed by atoms with van der Waals surface area (Å²) in [7, 11) is 0. The molecule has 0 saturated carbocycles. The van der Waals surface area contributed by atoms with E-state index in [4.69, 9.17) is 5.11 Å². The number of carbonyl (C=O) groups is 1. The Morgan fingerprint density at radius 1 is 1.33 bits per heavy atom. The fourth-order valence-electron chi connectivity index (χ4n) is 2.30. The van der Waals surface area contributed by atoms with Gasteiger partial charge in [-0.2, -0.15) is 10.4 Å². The summed E-state index contributed by atoms with van der Waals surface area (Å²) in [4.78, 5) is 11.1. The van der Waals surface area contributed by atoms with Crippen molar-refractivity contribution in [1.29, 1.82) is 5.26 Å². The lowest BCUT2D eigenvalue weighted by Crippen LogP contribution is -2.24. The zero-order valence-corrected chi connectivity index (χ0v) is 12.8. The van der Waals surface area contributed by atoms with Gasteiger partial charge in [-0.1, -0.05) is 27.2 Å². The summed E-state index contributed by atoms with van der Waals surface area (Å²) in [6, 6.07) is 2.16. The number of nitrogens with one attached hydrogen (secondary N) is 1. The van der Waals surface area contributed by atoms with E-state index < -0.39 is 11.9 Å². The highest BCUT2D eigenvalue weighted by Gasteiger charge is 2.19. The Bertz CT molecular complexity index is 537. The van der Waals surface area contributed by atoms with E-state index in [2.05, 4.69) is 21.6 Å². The molecule has 1 rings (SSSR count). The highest BCUT2D eigenvalue weighted by atomic mass is 16.4. The number of nitrogens with zero attached hydrogens (tertiary/aromatic N) is 3. The number of anilines is 1. The molecule has 6 heteroatoms. The molecule has 0 aromatic carbocycles. The Kier molecular flexibility index (Phi) is 6.60. The predicted molar refractivity (Wildman–Crippen MR) is 80.0 cm³/mol. The normalized spacial score (nSPS) is 11.7. The second kappa shape index (κ2) is 8.20. The van der Waals surface area contributed by atoms with Crippen LogP contribution in [0.15, 0.2) is 0 Å². The first-order valence-corrected chi connectivity index (χ1v) is 7.34. The van der Waals surface area contributed by atoms with E-state index in [1.165, 1.54) is 0 Å². The van der Waals surface area contributed by atoms with Crippen LogP contribution in [-0.2, 0) is 17.6 Å². The van der Waals surface area contributed by atoms with Gasteiger partial charge in [0, 0.05) is 6.54 Å². The molecule has 0 fully saturated rings. The van der Waals surface area contributed by atoms with Crippen molar-refractivity contribution in [2.75, 3.05) is 11.9 Å². The molecule has 0 radical (unpaired) electrons. The molecule has 0 aliphatic carbocycles. The largest absolute Gasteiger partial charge is 0.481 e. The Morgan fingerprint density at radius 2 is 2.05 bits per heavy atom. The number of carboxylic acid groups (broad SMARTS) is 1. The number of aliphatic carboxylic acids is 1. The van der Waals surface area contributed by atoms with Gasteiger partial charge in [0.25, 0.3) is 0 Å². The van der Waals surface area contributed by atoms with Crippen LogP contribution in [-0.4, -0.2) is 27.8 Å². The van der Waals surface area contributed by atoms with Gasteiger partial charge in [-0.05, 0) is 24.8 Å². The average Bonchev–Trinajstić information content (AvgIpc) is 2.49. The van der Waals surface area contributed by atoms with E-state index in [0.717, 1.165) is 24.1 Å². The smallest absolute Gasteiger partial charge is 0.308 e. The molecule has 0 saturated heterocycles. The number of carboxylic acids is 1. The van der Waals surface area contributed by atoms with Gasteiger partial charge in [0.15, 0.2) is 5.82 Å². The molecule has 2 N–H and O–H groups in total. The molecular weight excluding hydrogens is 268 g/mol. The third-order valence-electron chi connectivity index (χ3n) is 3.46. The van der Waals surface area contributed by atoms with Crippen LogP contribution in [0.25, 0.3) is 0 Å². The van der Waals surface area contributed by atoms with Crippen LogP contribution < -0.4 is 5.32 Å². The third kappa shape index (κ3) is 4.15. The van der Waals surface area contributed by atoms with Gasteiger partial charge in [0.1, 0.15) is 11.6 Å². The molecule has 6 nitrogen and oxygen atoms in total. The topological polar surface area (TPSA) is 98.9 Å². The van der Waals surface area contributed by atoms with Gasteiger partial charge in [-0.3, -0.25) is 4.79 Å². The first-order valence-electron chi connectivity index (χ1n) is 7.34. The van der Waals surface area contributed by atoms with E-state index in [9.17, 15) is 10.1 Å². The fraction of sp³-hybridized carbons (Fsp3) is 0.600. The number of rotatable bonds is 8. The van der Waals surface area contributed by atoms with E-state index in [1.807, 2.05) is 20.8 Å². The van der Waals surface area contributed by atoms with E-state index in [-0.39, 0.29) is 6.54 Å². The Labute approximate surface area is 125 Å². The molecule has 0 spiro atoms. The molecule has 1 aromatic heterocycles. The second-order valence-electron chi connectivity index (χ2n) is 4.87. The molecule has 1 atom stereocenters. The molecular formula is C15H22N4O2. The van der Waals surface area contributed by atoms with Crippen molar-refractivity contribution < 1.29 is 9.90 Å². The minimum absolute atomic E-state index is 0.251. The quantitative estimate of drug-likeness (QED) is 0.762. The van der Waals surface area contributed by atoms with Crippen LogP contribution in [0.3, 0.4) is 0 Å². The molecule has 1 heterocycles. The van der Waals surface area contributed by atoms with E-state index in [1.54, 1.807) is 0 Å². The summed E-state index contributed by atoms with van der Waals surface area (Å²) < 4.78 is 0. The van der Waals surface area contributed by atoms with Gasteiger partial charge in [0.05, 0.1) is 11.6 Å². The zero-order chi connectivity index (χ0) is 15.8. The number of hydrogen-bond acceptors (Lipinski definition) is 5. The standard InChI is InChI=1S/C15H22N4O2/c1-4-7-10(15(20)21)9-17-14-12(8-16)11(5-2)13(6-3)18-19-14/h10H,4-7,9H2,1-3H3,(H,17,19)(H,20,21). The van der Waals surface area contributed by atoms with Crippen LogP contribution >= 0.6 is 0 Å². The average molecular weight is 290 g/mol. The van der Waals surface area contributed by atoms with Crippen LogP contribution in [0.5, 0.6) is 0 Å². The summed E-state index contributed by atoms with van der Waals surface area (Å²) in [6.07, 6.45) is 2.81. The number of aryl methyl sites for hydroxylation is 1. The maximum atomic E-state index is 11.1. The predicted octanol–water partition coefficient (Wildman–Crippen LogP) is 2.39. The minimum atomic E-state index is -0.836. The van der Waals surface area contributed by atoms with Crippen molar-refractivity contribution in [3.63, 3.8) is 0 Å². The monoisotopic (exact) mass is 290 g/mol. The van der Waals surface area contributed by atoms with Crippen molar-refractivity contribution in [3.05, 3.63) is 16.8 Å². The van der Waals surface area contributed by atoms with Crippen LogP contribution in [0, 0.1) is 17.2 Å². The maximum absolute atomic E-state index is 11.1. The first-order chi connectivity index (χ1) is 10.1. The zero-order valence-electron chi connectivity index (χ0n) is 12.8.